The fourth-order valence-electron chi connectivity index (χ4n) is 2.69. The number of piperidine rings is 1. The Morgan fingerprint density at radius 3 is 2.63 bits per heavy atom. The molecule has 0 amide bonds. The summed E-state index contributed by atoms with van der Waals surface area (Å²) in [6.07, 6.45) is 5.29. The maximum Gasteiger partial charge on any atom is 0.128 e. The number of nitrogens with zero attached hydrogens (tertiary/aromatic N) is 3. The second-order valence-corrected chi connectivity index (χ2v) is 5.85. The molecule has 106 valence electrons. The zero-order chi connectivity index (χ0) is 13.8. The van der Waals surface area contributed by atoms with Crippen LogP contribution in [0, 0.1) is 0 Å². The number of nitrogens with two attached hydrogens (primary N) is 1. The second kappa shape index (κ2) is 6.35. The normalized spacial score (nSPS) is 19.4. The van der Waals surface area contributed by atoms with Crippen molar-refractivity contribution in [2.45, 2.75) is 38.3 Å². The van der Waals surface area contributed by atoms with Gasteiger partial charge in [0, 0.05) is 25.3 Å². The quantitative estimate of drug-likeness (QED) is 0.893. The third-order valence-corrected chi connectivity index (χ3v) is 3.96. The van der Waals surface area contributed by atoms with E-state index >= 15 is 0 Å². The van der Waals surface area contributed by atoms with Crippen LogP contribution in [0.1, 0.15) is 25.3 Å². The van der Waals surface area contributed by atoms with Crippen LogP contribution >= 0.6 is 0 Å². The maximum absolute atomic E-state index is 5.81. The molecular formula is C15H26N4. The fraction of sp³-hybridized carbons (Fsp3) is 0.667. The van der Waals surface area contributed by atoms with Crippen molar-refractivity contribution in [1.82, 2.24) is 9.88 Å². The summed E-state index contributed by atoms with van der Waals surface area (Å²) in [6, 6.07) is 5.08. The van der Waals surface area contributed by atoms with Crippen LogP contribution in [0.4, 0.5) is 5.82 Å². The molecule has 4 nitrogen and oxygen atoms in total. The molecule has 2 N–H and O–H groups in total. The first-order valence-corrected chi connectivity index (χ1v) is 7.18. The number of likely N-dealkylation sites (tertiary alicyclic amines) is 1. The number of hydrogen-bond acceptors (Lipinski definition) is 4. The van der Waals surface area contributed by atoms with E-state index in [1.54, 1.807) is 0 Å². The van der Waals surface area contributed by atoms with Crippen LogP contribution in [-0.4, -0.2) is 49.2 Å². The smallest absolute Gasteiger partial charge is 0.128 e. The highest BCUT2D eigenvalue weighted by atomic mass is 15.2. The Hall–Kier alpha value is -1.13. The van der Waals surface area contributed by atoms with Gasteiger partial charge in [-0.3, -0.25) is 0 Å². The van der Waals surface area contributed by atoms with Crippen LogP contribution in [0.3, 0.4) is 0 Å². The Labute approximate surface area is 116 Å². The monoisotopic (exact) mass is 262 g/mol. The molecule has 1 aromatic heterocycles. The molecule has 0 aliphatic carbocycles. The van der Waals surface area contributed by atoms with E-state index in [4.69, 9.17) is 5.73 Å². The van der Waals surface area contributed by atoms with Gasteiger partial charge in [0.2, 0.25) is 0 Å². The minimum Gasteiger partial charge on any atom is -0.357 e. The molecule has 0 bridgehead atoms. The van der Waals surface area contributed by atoms with Gasteiger partial charge in [-0.2, -0.15) is 0 Å². The Balaban J connectivity index is 1.97. The van der Waals surface area contributed by atoms with Crippen LogP contribution in [-0.2, 0) is 6.42 Å². The lowest BCUT2D eigenvalue weighted by molar-refractivity contribution is 0.252. The summed E-state index contributed by atoms with van der Waals surface area (Å²) >= 11 is 0. The van der Waals surface area contributed by atoms with Gasteiger partial charge in [0.15, 0.2) is 0 Å². The van der Waals surface area contributed by atoms with Crippen LogP contribution in [0.25, 0.3) is 0 Å². The van der Waals surface area contributed by atoms with Gasteiger partial charge >= 0.3 is 0 Å². The molecule has 0 saturated carbocycles. The van der Waals surface area contributed by atoms with Gasteiger partial charge in [-0.05, 0) is 58.0 Å². The van der Waals surface area contributed by atoms with Crippen molar-refractivity contribution in [1.29, 1.82) is 0 Å². The SMILES string of the molecule is CC(N)Cc1ccc(N(C)C2CCN(C)CC2)nc1. The van der Waals surface area contributed by atoms with Crippen LogP contribution in [0.15, 0.2) is 18.3 Å². The molecule has 1 aliphatic heterocycles. The molecule has 4 heteroatoms. The second-order valence-electron chi connectivity index (χ2n) is 5.85. The van der Waals surface area contributed by atoms with Gasteiger partial charge in [0.05, 0.1) is 0 Å². The summed E-state index contributed by atoms with van der Waals surface area (Å²) in [5, 5.41) is 0. The number of pyridine rings is 1. The lowest BCUT2D eigenvalue weighted by atomic mass is 10.0. The molecule has 2 rings (SSSR count). The number of anilines is 1. The van der Waals surface area contributed by atoms with E-state index < -0.39 is 0 Å². The van der Waals surface area contributed by atoms with E-state index in [1.165, 1.54) is 31.5 Å². The Morgan fingerprint density at radius 1 is 1.42 bits per heavy atom. The lowest BCUT2D eigenvalue weighted by Crippen LogP contribution is -2.42. The first-order valence-electron chi connectivity index (χ1n) is 7.18. The van der Waals surface area contributed by atoms with Gasteiger partial charge in [-0.25, -0.2) is 4.98 Å². The van der Waals surface area contributed by atoms with Gasteiger partial charge < -0.3 is 15.5 Å². The van der Waals surface area contributed by atoms with Crippen molar-refractivity contribution in [3.05, 3.63) is 23.9 Å². The summed E-state index contributed by atoms with van der Waals surface area (Å²) in [5.74, 6) is 1.07. The largest absolute Gasteiger partial charge is 0.357 e. The van der Waals surface area contributed by atoms with Crippen molar-refractivity contribution in [2.75, 3.05) is 32.1 Å². The molecule has 1 saturated heterocycles. The highest BCUT2D eigenvalue weighted by Gasteiger charge is 2.21. The van der Waals surface area contributed by atoms with E-state index in [0.29, 0.717) is 6.04 Å². The third-order valence-electron chi connectivity index (χ3n) is 3.96. The minimum atomic E-state index is 0.194. The van der Waals surface area contributed by atoms with Crippen molar-refractivity contribution >= 4 is 5.82 Å². The van der Waals surface area contributed by atoms with Gasteiger partial charge in [-0.1, -0.05) is 6.07 Å². The number of hydrogen-bond donors (Lipinski definition) is 1. The molecule has 0 aromatic carbocycles. The molecule has 1 fully saturated rings. The first kappa shape index (κ1) is 14.3. The third kappa shape index (κ3) is 3.91. The molecule has 1 aliphatic rings. The number of aromatic nitrogens is 1. The van der Waals surface area contributed by atoms with E-state index in [1.807, 2.05) is 13.1 Å². The van der Waals surface area contributed by atoms with Crippen LogP contribution in [0.2, 0.25) is 0 Å². The predicted molar refractivity (Wildman–Crippen MR) is 80.5 cm³/mol. The fourth-order valence-corrected chi connectivity index (χ4v) is 2.69. The molecular weight excluding hydrogens is 236 g/mol. The molecule has 0 spiro atoms. The Bertz CT molecular complexity index is 380. The molecule has 1 aromatic rings. The average Bonchev–Trinajstić information content (AvgIpc) is 2.39. The van der Waals surface area contributed by atoms with Crippen LogP contribution in [0.5, 0.6) is 0 Å². The summed E-state index contributed by atoms with van der Waals surface area (Å²) < 4.78 is 0. The molecule has 1 unspecified atom stereocenters. The van der Waals surface area contributed by atoms with Gasteiger partial charge in [-0.15, -0.1) is 0 Å². The lowest BCUT2D eigenvalue weighted by Gasteiger charge is -2.35. The molecule has 0 radical (unpaired) electrons. The van der Waals surface area contributed by atoms with E-state index in [2.05, 4.69) is 41.0 Å². The first-order chi connectivity index (χ1) is 9.06. The van der Waals surface area contributed by atoms with E-state index in [0.717, 1.165) is 12.2 Å². The van der Waals surface area contributed by atoms with Gasteiger partial charge in [0.1, 0.15) is 5.82 Å². The summed E-state index contributed by atoms with van der Waals surface area (Å²) in [4.78, 5) is 9.30. The highest BCUT2D eigenvalue weighted by Crippen LogP contribution is 2.20. The van der Waals surface area contributed by atoms with E-state index in [9.17, 15) is 0 Å². The van der Waals surface area contributed by atoms with Crippen LogP contribution < -0.4 is 10.6 Å². The topological polar surface area (TPSA) is 45.4 Å². The minimum absolute atomic E-state index is 0.194. The molecule has 1 atom stereocenters. The number of rotatable bonds is 4. The van der Waals surface area contributed by atoms with Crippen molar-refractivity contribution in [2.24, 2.45) is 5.73 Å². The summed E-state index contributed by atoms with van der Waals surface area (Å²) in [5.41, 5.74) is 7.03. The van der Waals surface area contributed by atoms with Crippen molar-refractivity contribution in [3.63, 3.8) is 0 Å². The zero-order valence-corrected chi connectivity index (χ0v) is 12.3. The Morgan fingerprint density at radius 2 is 2.11 bits per heavy atom. The maximum atomic E-state index is 5.81. The average molecular weight is 262 g/mol. The zero-order valence-electron chi connectivity index (χ0n) is 12.3. The summed E-state index contributed by atoms with van der Waals surface area (Å²) in [7, 11) is 4.35. The predicted octanol–water partition coefficient (Wildman–Crippen LogP) is 1.50. The standard InChI is InChI=1S/C15H26N4/c1-12(16)10-13-4-5-15(17-11-13)19(3)14-6-8-18(2)9-7-14/h4-5,11-12,14H,6-10,16H2,1-3H3. The summed E-state index contributed by atoms with van der Waals surface area (Å²) in [6.45, 7) is 4.38. The molecule has 2 heterocycles. The van der Waals surface area contributed by atoms with Crippen molar-refractivity contribution in [3.8, 4) is 0 Å². The van der Waals surface area contributed by atoms with Gasteiger partial charge in [0.25, 0.3) is 0 Å². The molecule has 19 heavy (non-hydrogen) atoms. The van der Waals surface area contributed by atoms with Crippen molar-refractivity contribution < 1.29 is 0 Å². The highest BCUT2D eigenvalue weighted by molar-refractivity contribution is 5.39. The van der Waals surface area contributed by atoms with E-state index in [-0.39, 0.29) is 6.04 Å². The Kier molecular flexibility index (Phi) is 4.77.